The van der Waals surface area contributed by atoms with Crippen molar-refractivity contribution in [3.05, 3.63) is 69.3 Å². The van der Waals surface area contributed by atoms with Gasteiger partial charge in [0.2, 0.25) is 0 Å². The van der Waals surface area contributed by atoms with Gasteiger partial charge in [-0.25, -0.2) is 0 Å². The fourth-order valence-corrected chi connectivity index (χ4v) is 2.47. The van der Waals surface area contributed by atoms with Crippen LogP contribution >= 0.6 is 0 Å². The number of benzene rings is 2. The Morgan fingerprint density at radius 1 is 0.722 bits per heavy atom. The molecule has 2 aromatic carbocycles. The first-order valence-electron chi connectivity index (χ1n) is 6.61. The molecule has 0 N–H and O–H groups in total. The third-order valence-electron chi connectivity index (χ3n) is 4.02. The molecule has 0 heterocycles. The van der Waals surface area contributed by atoms with Gasteiger partial charge in [-0.1, -0.05) is 35.9 Å². The highest BCUT2D eigenvalue weighted by molar-refractivity contribution is 5.46. The maximum absolute atomic E-state index is 2.29. The molecule has 0 saturated carbocycles. The van der Waals surface area contributed by atoms with Gasteiger partial charge in [-0.05, 0) is 74.4 Å². The van der Waals surface area contributed by atoms with Crippen molar-refractivity contribution in [1.82, 2.24) is 0 Å². The molecule has 0 unspecified atom stereocenters. The Balaban J connectivity index is 2.42. The van der Waals surface area contributed by atoms with E-state index in [2.05, 4.69) is 65.0 Å². The van der Waals surface area contributed by atoms with E-state index >= 15 is 0 Å². The van der Waals surface area contributed by atoms with Crippen LogP contribution in [0.15, 0.2) is 30.3 Å². The zero-order valence-corrected chi connectivity index (χ0v) is 12.1. The molecule has 0 spiro atoms. The fourth-order valence-electron chi connectivity index (χ4n) is 2.47. The first-order valence-corrected chi connectivity index (χ1v) is 6.61. The zero-order valence-electron chi connectivity index (χ0n) is 12.1. The summed E-state index contributed by atoms with van der Waals surface area (Å²) in [5, 5.41) is 0. The van der Waals surface area contributed by atoms with Crippen LogP contribution in [0.5, 0.6) is 0 Å². The molecule has 0 fully saturated rings. The van der Waals surface area contributed by atoms with Crippen LogP contribution in [0.4, 0.5) is 0 Å². The van der Waals surface area contributed by atoms with Crippen LogP contribution < -0.4 is 0 Å². The molecule has 0 nitrogen and oxygen atoms in total. The number of hydrogen-bond donors (Lipinski definition) is 0. The predicted molar refractivity (Wildman–Crippen MR) is 79.4 cm³/mol. The van der Waals surface area contributed by atoms with Crippen LogP contribution in [0.3, 0.4) is 0 Å². The lowest BCUT2D eigenvalue weighted by molar-refractivity contribution is 1.08. The second-order valence-corrected chi connectivity index (χ2v) is 5.40. The molecule has 0 heteroatoms. The lowest BCUT2D eigenvalue weighted by atomic mass is 9.90. The molecule has 0 saturated heterocycles. The molecule has 0 amide bonds. The molecule has 0 aliphatic heterocycles. The average molecular weight is 238 g/mol. The Kier molecular flexibility index (Phi) is 3.56. The maximum Gasteiger partial charge on any atom is -0.00203 e. The minimum absolute atomic E-state index is 1.04. The van der Waals surface area contributed by atoms with Crippen molar-refractivity contribution >= 4 is 0 Å². The molecule has 2 aromatic rings. The van der Waals surface area contributed by atoms with E-state index in [9.17, 15) is 0 Å². The Morgan fingerprint density at radius 2 is 1.22 bits per heavy atom. The monoisotopic (exact) mass is 238 g/mol. The second kappa shape index (κ2) is 4.97. The van der Waals surface area contributed by atoms with Crippen molar-refractivity contribution in [3.8, 4) is 0 Å². The molecular weight excluding hydrogens is 216 g/mol. The van der Waals surface area contributed by atoms with Crippen LogP contribution in [-0.2, 0) is 6.42 Å². The number of rotatable bonds is 2. The van der Waals surface area contributed by atoms with Crippen molar-refractivity contribution in [2.45, 2.75) is 41.0 Å². The maximum atomic E-state index is 2.29. The minimum Gasteiger partial charge on any atom is -0.0590 e. The standard InChI is InChI=1S/C18H22/c1-12-6-8-17(9-7-12)11-18-15(4)13(2)10-14(3)16(18)5/h6-10H,11H2,1-5H3. The van der Waals surface area contributed by atoms with E-state index in [1.807, 2.05) is 0 Å². The van der Waals surface area contributed by atoms with Gasteiger partial charge in [0, 0.05) is 0 Å². The Morgan fingerprint density at radius 3 is 1.72 bits per heavy atom. The van der Waals surface area contributed by atoms with E-state index < -0.39 is 0 Å². The molecule has 94 valence electrons. The largest absolute Gasteiger partial charge is 0.0590 e. The fraction of sp³-hybridized carbons (Fsp3) is 0.333. The molecule has 0 aromatic heterocycles. The van der Waals surface area contributed by atoms with Crippen molar-refractivity contribution in [1.29, 1.82) is 0 Å². The van der Waals surface area contributed by atoms with E-state index in [0.29, 0.717) is 0 Å². The normalized spacial score (nSPS) is 10.7. The highest BCUT2D eigenvalue weighted by Crippen LogP contribution is 2.24. The molecule has 0 atom stereocenters. The van der Waals surface area contributed by atoms with Gasteiger partial charge in [0.15, 0.2) is 0 Å². The number of aryl methyl sites for hydroxylation is 3. The van der Waals surface area contributed by atoms with Gasteiger partial charge >= 0.3 is 0 Å². The quantitative estimate of drug-likeness (QED) is 0.703. The summed E-state index contributed by atoms with van der Waals surface area (Å²) in [6.07, 6.45) is 1.04. The van der Waals surface area contributed by atoms with E-state index in [0.717, 1.165) is 6.42 Å². The third-order valence-corrected chi connectivity index (χ3v) is 4.02. The average Bonchev–Trinajstić information content (AvgIpc) is 2.34. The van der Waals surface area contributed by atoms with Crippen molar-refractivity contribution in [3.63, 3.8) is 0 Å². The van der Waals surface area contributed by atoms with Gasteiger partial charge in [-0.15, -0.1) is 0 Å². The Hall–Kier alpha value is -1.56. The summed E-state index contributed by atoms with van der Waals surface area (Å²) in [4.78, 5) is 0. The van der Waals surface area contributed by atoms with Crippen molar-refractivity contribution in [2.24, 2.45) is 0 Å². The lowest BCUT2D eigenvalue weighted by Gasteiger charge is -2.15. The van der Waals surface area contributed by atoms with E-state index in [-0.39, 0.29) is 0 Å². The summed E-state index contributed by atoms with van der Waals surface area (Å²) in [7, 11) is 0. The van der Waals surface area contributed by atoms with E-state index in [4.69, 9.17) is 0 Å². The molecule has 2 rings (SSSR count). The van der Waals surface area contributed by atoms with Gasteiger partial charge in [-0.3, -0.25) is 0 Å². The Labute approximate surface area is 111 Å². The van der Waals surface area contributed by atoms with Gasteiger partial charge in [0.1, 0.15) is 0 Å². The molecule has 0 radical (unpaired) electrons. The van der Waals surface area contributed by atoms with Crippen LogP contribution in [0, 0.1) is 34.6 Å². The van der Waals surface area contributed by atoms with Crippen LogP contribution in [0.1, 0.15) is 38.9 Å². The zero-order chi connectivity index (χ0) is 13.3. The van der Waals surface area contributed by atoms with Crippen molar-refractivity contribution < 1.29 is 0 Å². The molecule has 0 aliphatic carbocycles. The van der Waals surface area contributed by atoms with Gasteiger partial charge < -0.3 is 0 Å². The highest BCUT2D eigenvalue weighted by atomic mass is 14.1. The van der Waals surface area contributed by atoms with E-state index in [1.54, 1.807) is 0 Å². The summed E-state index contributed by atoms with van der Waals surface area (Å²) < 4.78 is 0. The molecular formula is C18H22. The van der Waals surface area contributed by atoms with Crippen LogP contribution in [0.25, 0.3) is 0 Å². The van der Waals surface area contributed by atoms with Gasteiger partial charge in [-0.2, -0.15) is 0 Å². The Bertz CT molecular complexity index is 533. The smallest absolute Gasteiger partial charge is 0.00203 e. The SMILES string of the molecule is Cc1ccc(Cc2c(C)c(C)cc(C)c2C)cc1. The van der Waals surface area contributed by atoms with Crippen LogP contribution in [0.2, 0.25) is 0 Å². The lowest BCUT2D eigenvalue weighted by Crippen LogP contribution is -2.00. The van der Waals surface area contributed by atoms with E-state index in [1.165, 1.54) is 38.9 Å². The summed E-state index contributed by atoms with van der Waals surface area (Å²) in [6, 6.07) is 11.2. The molecule has 0 bridgehead atoms. The minimum atomic E-state index is 1.04. The molecule has 0 aliphatic rings. The van der Waals surface area contributed by atoms with Gasteiger partial charge in [0.05, 0.1) is 0 Å². The van der Waals surface area contributed by atoms with Crippen LogP contribution in [-0.4, -0.2) is 0 Å². The summed E-state index contributed by atoms with van der Waals surface area (Å²) in [5.41, 5.74) is 9.92. The summed E-state index contributed by atoms with van der Waals surface area (Å²) >= 11 is 0. The summed E-state index contributed by atoms with van der Waals surface area (Å²) in [5.74, 6) is 0. The first kappa shape index (κ1) is 12.9. The van der Waals surface area contributed by atoms with Gasteiger partial charge in [0.25, 0.3) is 0 Å². The molecule has 18 heavy (non-hydrogen) atoms. The van der Waals surface area contributed by atoms with Crippen molar-refractivity contribution in [2.75, 3.05) is 0 Å². The summed E-state index contributed by atoms with van der Waals surface area (Å²) in [6.45, 7) is 11.0. The third kappa shape index (κ3) is 2.48. The number of hydrogen-bond acceptors (Lipinski definition) is 0. The topological polar surface area (TPSA) is 0 Å². The highest BCUT2D eigenvalue weighted by Gasteiger charge is 2.08. The predicted octanol–water partition coefficient (Wildman–Crippen LogP) is 4.82. The first-order chi connectivity index (χ1) is 8.49. The second-order valence-electron chi connectivity index (χ2n) is 5.40.